The molecule has 0 aromatic carbocycles. The molecule has 112 valence electrons. The average molecular weight is 276 g/mol. The van der Waals surface area contributed by atoms with Gasteiger partial charge in [-0.3, -0.25) is 0 Å². The second-order valence-corrected chi connectivity index (χ2v) is 5.11. The van der Waals surface area contributed by atoms with E-state index in [4.69, 9.17) is 19.7 Å². The van der Waals surface area contributed by atoms with Crippen LogP contribution in [0.5, 0.6) is 0 Å². The van der Waals surface area contributed by atoms with Crippen LogP contribution in [-0.2, 0) is 19.1 Å². The van der Waals surface area contributed by atoms with Crippen molar-refractivity contribution < 1.29 is 29.3 Å². The predicted molar refractivity (Wildman–Crippen MR) is 68.2 cm³/mol. The zero-order chi connectivity index (χ0) is 15.0. The first-order chi connectivity index (χ1) is 8.73. The summed E-state index contributed by atoms with van der Waals surface area (Å²) < 4.78 is 9.83. The Morgan fingerprint density at radius 1 is 0.895 bits per heavy atom. The first-order valence-electron chi connectivity index (χ1n) is 6.43. The number of aliphatic hydroxyl groups excluding tert-OH is 2. The van der Waals surface area contributed by atoms with Crippen LogP contribution in [-0.4, -0.2) is 47.6 Å². The fraction of sp³-hybridized carbons (Fsp3) is 0.846. The molecule has 0 saturated carbocycles. The molecule has 0 aliphatic rings. The lowest BCUT2D eigenvalue weighted by molar-refractivity contribution is -0.158. The summed E-state index contributed by atoms with van der Waals surface area (Å²) in [4.78, 5) is 22.3. The zero-order valence-electron chi connectivity index (χ0n) is 12.0. The molecule has 0 bridgehead atoms. The Morgan fingerprint density at radius 2 is 1.26 bits per heavy atom. The lowest BCUT2D eigenvalue weighted by Crippen LogP contribution is -2.28. The monoisotopic (exact) mass is 276 g/mol. The summed E-state index contributed by atoms with van der Waals surface area (Å²) in [6.07, 6.45) is -1.63. The summed E-state index contributed by atoms with van der Waals surface area (Å²) in [6.45, 7) is 6.81. The van der Waals surface area contributed by atoms with E-state index < -0.39 is 24.1 Å². The number of ether oxygens (including phenoxy) is 2. The van der Waals surface area contributed by atoms with Crippen LogP contribution < -0.4 is 0 Å². The minimum atomic E-state index is -1.17. The van der Waals surface area contributed by atoms with Crippen molar-refractivity contribution in [1.29, 1.82) is 0 Å². The van der Waals surface area contributed by atoms with Crippen LogP contribution in [0.15, 0.2) is 0 Å². The van der Waals surface area contributed by atoms with E-state index in [2.05, 4.69) is 0 Å². The molecule has 0 aliphatic carbocycles. The molecule has 0 amide bonds. The second-order valence-electron chi connectivity index (χ2n) is 5.11. The van der Waals surface area contributed by atoms with Crippen LogP contribution in [0, 0.1) is 11.8 Å². The van der Waals surface area contributed by atoms with Gasteiger partial charge in [0.1, 0.15) is 12.2 Å². The largest absolute Gasteiger partial charge is 0.463 e. The number of carbonyl (C=O) groups is 2. The first kappa shape index (κ1) is 17.9. The van der Waals surface area contributed by atoms with Crippen molar-refractivity contribution in [3.63, 3.8) is 0 Å². The van der Waals surface area contributed by atoms with Gasteiger partial charge in [-0.25, -0.2) is 9.59 Å². The predicted octanol–water partition coefficient (Wildman–Crippen LogP) is 0.497. The molecule has 2 N–H and O–H groups in total. The summed E-state index contributed by atoms with van der Waals surface area (Å²) in [5.41, 5.74) is 0. The van der Waals surface area contributed by atoms with E-state index in [1.807, 2.05) is 13.8 Å². The third-order valence-corrected chi connectivity index (χ3v) is 2.41. The molecule has 6 nitrogen and oxygen atoms in total. The molecule has 0 aromatic rings. The van der Waals surface area contributed by atoms with Crippen LogP contribution in [0.3, 0.4) is 0 Å². The molecule has 0 aromatic heterocycles. The highest BCUT2D eigenvalue weighted by Crippen LogP contribution is 2.13. The second kappa shape index (κ2) is 8.87. The fourth-order valence-corrected chi connectivity index (χ4v) is 1.49. The first-order valence-corrected chi connectivity index (χ1v) is 6.43. The molecule has 0 saturated heterocycles. The number of aliphatic hydroxyl groups is 2. The van der Waals surface area contributed by atoms with Crippen molar-refractivity contribution >= 4 is 11.9 Å². The average Bonchev–Trinajstić information content (AvgIpc) is 2.30. The van der Waals surface area contributed by atoms with Gasteiger partial charge in [-0.1, -0.05) is 13.8 Å². The quantitative estimate of drug-likeness (QED) is 0.627. The zero-order valence-corrected chi connectivity index (χ0v) is 12.0. The highest BCUT2D eigenvalue weighted by molar-refractivity contribution is 5.74. The van der Waals surface area contributed by atoms with Crippen LogP contribution in [0.1, 0.15) is 34.1 Å². The van der Waals surface area contributed by atoms with Crippen molar-refractivity contribution in [3.05, 3.63) is 0 Å². The Balaban J connectivity index is 4.23. The number of hydrogen-bond donors (Lipinski definition) is 2. The number of carbonyl (C=O) groups excluding carboxylic acids is 2. The lowest BCUT2D eigenvalue weighted by atomic mass is 9.98. The van der Waals surface area contributed by atoms with E-state index >= 15 is 0 Å². The number of hydrogen-bond acceptors (Lipinski definition) is 6. The third kappa shape index (κ3) is 8.56. The number of rotatable bonds is 8. The van der Waals surface area contributed by atoms with Crippen molar-refractivity contribution in [2.24, 2.45) is 11.8 Å². The highest BCUT2D eigenvalue weighted by atomic mass is 16.6. The van der Waals surface area contributed by atoms with Gasteiger partial charge in [-0.05, 0) is 26.2 Å². The maximum atomic E-state index is 11.2. The van der Waals surface area contributed by atoms with Crippen LogP contribution in [0.25, 0.3) is 0 Å². The summed E-state index contributed by atoms with van der Waals surface area (Å²) in [7, 11) is 0. The molecule has 0 fully saturated rings. The molecule has 0 spiro atoms. The Labute approximate surface area is 113 Å². The summed E-state index contributed by atoms with van der Waals surface area (Å²) in [5, 5.41) is 18.0. The van der Waals surface area contributed by atoms with Crippen LogP contribution in [0.2, 0.25) is 0 Å². The van der Waals surface area contributed by atoms with E-state index in [1.54, 1.807) is 0 Å². The molecule has 2 atom stereocenters. The van der Waals surface area contributed by atoms with E-state index in [0.717, 1.165) is 0 Å². The summed E-state index contributed by atoms with van der Waals surface area (Å²) in [6, 6.07) is 0. The Morgan fingerprint density at radius 3 is 1.53 bits per heavy atom. The van der Waals surface area contributed by atoms with E-state index in [-0.39, 0.29) is 19.1 Å². The van der Waals surface area contributed by atoms with E-state index in [9.17, 15) is 9.59 Å². The van der Waals surface area contributed by atoms with Crippen molar-refractivity contribution in [1.82, 2.24) is 0 Å². The smallest absolute Gasteiger partial charge is 0.334 e. The molecule has 0 aliphatic heterocycles. The molecular formula is C13H24O6. The molecule has 19 heavy (non-hydrogen) atoms. The van der Waals surface area contributed by atoms with Crippen molar-refractivity contribution in [2.45, 2.75) is 46.3 Å². The maximum absolute atomic E-state index is 11.2. The van der Waals surface area contributed by atoms with Gasteiger partial charge in [-0.2, -0.15) is 0 Å². The molecule has 0 radical (unpaired) electrons. The summed E-state index contributed by atoms with van der Waals surface area (Å²) >= 11 is 0. The summed E-state index contributed by atoms with van der Waals surface area (Å²) in [5.74, 6) is -1.20. The van der Waals surface area contributed by atoms with Gasteiger partial charge < -0.3 is 19.7 Å². The topological polar surface area (TPSA) is 93.1 Å². The minimum absolute atomic E-state index is 0.0784. The Bertz CT molecular complexity index is 261. The highest BCUT2D eigenvalue weighted by Gasteiger charge is 2.19. The van der Waals surface area contributed by atoms with Gasteiger partial charge in [0.25, 0.3) is 0 Å². The Kier molecular flexibility index (Phi) is 8.34. The molecule has 2 unspecified atom stereocenters. The Hall–Kier alpha value is -1.14. The van der Waals surface area contributed by atoms with Gasteiger partial charge in [0.2, 0.25) is 0 Å². The molecule has 0 rings (SSSR count). The van der Waals surface area contributed by atoms with Gasteiger partial charge in [-0.15, -0.1) is 0 Å². The minimum Gasteiger partial charge on any atom is -0.463 e. The maximum Gasteiger partial charge on any atom is 0.334 e. The molecular weight excluding hydrogens is 252 g/mol. The molecule has 6 heteroatoms. The van der Waals surface area contributed by atoms with Crippen molar-refractivity contribution in [2.75, 3.05) is 13.2 Å². The number of esters is 2. The van der Waals surface area contributed by atoms with Gasteiger partial charge in [0.15, 0.2) is 0 Å². The molecule has 0 heterocycles. The normalized spacial score (nSPS) is 15.7. The third-order valence-electron chi connectivity index (χ3n) is 2.41. The van der Waals surface area contributed by atoms with Gasteiger partial charge >= 0.3 is 11.9 Å². The van der Waals surface area contributed by atoms with Crippen molar-refractivity contribution in [3.8, 4) is 0 Å². The lowest BCUT2D eigenvalue weighted by Gasteiger charge is -2.19. The van der Waals surface area contributed by atoms with Crippen LogP contribution >= 0.6 is 0 Å². The van der Waals surface area contributed by atoms with Gasteiger partial charge in [0, 0.05) is 5.92 Å². The van der Waals surface area contributed by atoms with E-state index in [0.29, 0.717) is 12.3 Å². The standard InChI is InChI=1S/C13H24O6/c1-8(2)5-11(6-18-12(16)9(3)14)7-19-13(17)10(4)15/h8-11,14-15H,5-7H2,1-4H3. The SMILES string of the molecule is CC(C)CC(COC(=O)C(C)O)COC(=O)C(C)O. The van der Waals surface area contributed by atoms with E-state index in [1.165, 1.54) is 13.8 Å². The van der Waals surface area contributed by atoms with Crippen LogP contribution in [0.4, 0.5) is 0 Å². The van der Waals surface area contributed by atoms with Gasteiger partial charge in [0.05, 0.1) is 13.2 Å². The fourth-order valence-electron chi connectivity index (χ4n) is 1.49.